The highest BCUT2D eigenvalue weighted by Gasteiger charge is 2.32. The molecule has 1 aliphatic carbocycles. The molecule has 1 saturated carbocycles. The second-order valence-electron chi connectivity index (χ2n) is 9.85. The topological polar surface area (TPSA) is 102 Å². The second kappa shape index (κ2) is 8.84. The van der Waals surface area contributed by atoms with E-state index in [1.807, 2.05) is 27.7 Å². The van der Waals surface area contributed by atoms with Gasteiger partial charge in [-0.3, -0.25) is 9.36 Å². The Hall–Kier alpha value is -2.42. The van der Waals surface area contributed by atoms with Crippen molar-refractivity contribution in [1.82, 2.24) is 24.4 Å². The van der Waals surface area contributed by atoms with Gasteiger partial charge in [-0.2, -0.15) is 4.98 Å². The number of amides is 1. The van der Waals surface area contributed by atoms with E-state index in [1.54, 1.807) is 15.7 Å². The summed E-state index contributed by atoms with van der Waals surface area (Å²) in [5, 5.41) is 3.36. The van der Waals surface area contributed by atoms with E-state index >= 15 is 0 Å². The maximum absolute atomic E-state index is 13.3. The number of rotatable bonds is 5. The lowest BCUT2D eigenvalue weighted by Gasteiger charge is -2.33. The van der Waals surface area contributed by atoms with Crippen molar-refractivity contribution in [2.45, 2.75) is 65.0 Å². The van der Waals surface area contributed by atoms with Crippen LogP contribution in [-0.2, 0) is 4.74 Å². The van der Waals surface area contributed by atoms with E-state index < -0.39 is 5.60 Å². The summed E-state index contributed by atoms with van der Waals surface area (Å²) in [4.78, 5) is 40.1. The minimum absolute atomic E-state index is 0.0246. The Morgan fingerprint density at radius 3 is 2.56 bits per heavy atom. The smallest absolute Gasteiger partial charge is 0.410 e. The van der Waals surface area contributed by atoms with Crippen LogP contribution >= 0.6 is 11.6 Å². The molecule has 1 N–H and O–H groups in total. The summed E-state index contributed by atoms with van der Waals surface area (Å²) < 4.78 is 7.17. The van der Waals surface area contributed by atoms with Crippen molar-refractivity contribution in [2.75, 3.05) is 25.0 Å². The number of halogens is 1. The fourth-order valence-electron chi connectivity index (χ4n) is 4.15. The monoisotopic (exact) mass is 462 g/mol. The lowest BCUT2D eigenvalue weighted by atomic mass is 9.97. The van der Waals surface area contributed by atoms with E-state index in [0.29, 0.717) is 48.5 Å². The lowest BCUT2D eigenvalue weighted by molar-refractivity contribution is 0.0188. The zero-order valence-corrected chi connectivity index (χ0v) is 19.9. The van der Waals surface area contributed by atoms with E-state index in [0.717, 1.165) is 25.7 Å². The Bertz CT molecular complexity index is 1050. The van der Waals surface area contributed by atoms with Crippen molar-refractivity contribution in [3.05, 3.63) is 21.8 Å². The van der Waals surface area contributed by atoms with E-state index in [-0.39, 0.29) is 23.0 Å². The van der Waals surface area contributed by atoms with Gasteiger partial charge in [0.05, 0.1) is 6.20 Å². The summed E-state index contributed by atoms with van der Waals surface area (Å²) in [6.07, 6.45) is 5.18. The molecule has 0 spiro atoms. The van der Waals surface area contributed by atoms with Gasteiger partial charge in [0.15, 0.2) is 11.5 Å². The van der Waals surface area contributed by atoms with Crippen molar-refractivity contribution in [1.29, 1.82) is 0 Å². The number of aromatic nitrogens is 4. The quantitative estimate of drug-likeness (QED) is 0.672. The van der Waals surface area contributed by atoms with Crippen molar-refractivity contribution < 1.29 is 9.53 Å². The first-order valence-electron chi connectivity index (χ1n) is 11.3. The molecule has 0 aromatic carbocycles. The number of carbonyl (C=O) groups excluding carboxylic acids is 1. The standard InChI is InChI=1S/C22H31ClN6O3/c1-13(15-5-6-15)29-18-16(12-25-20(23)27-18)26-17(19(29)30)24-11-14-7-9-28(10-8-14)21(31)32-22(2,3)4/h12-15H,5-11H2,1-4H3,(H,24,26)/t13-/m0/s1. The number of anilines is 1. The Morgan fingerprint density at radius 1 is 1.25 bits per heavy atom. The highest BCUT2D eigenvalue weighted by Crippen LogP contribution is 2.39. The fraction of sp³-hybridized carbons (Fsp3) is 0.682. The summed E-state index contributed by atoms with van der Waals surface area (Å²) in [5.41, 5.74) is 0.343. The van der Waals surface area contributed by atoms with Crippen molar-refractivity contribution >= 4 is 34.7 Å². The summed E-state index contributed by atoms with van der Waals surface area (Å²) in [6.45, 7) is 9.55. The Balaban J connectivity index is 1.45. The number of nitrogens with zero attached hydrogens (tertiary/aromatic N) is 5. The molecule has 32 heavy (non-hydrogen) atoms. The van der Waals surface area contributed by atoms with Crippen LogP contribution in [0.3, 0.4) is 0 Å². The number of ether oxygens (including phenoxy) is 1. The largest absolute Gasteiger partial charge is 0.444 e. The third-order valence-electron chi connectivity index (χ3n) is 6.14. The third-order valence-corrected chi connectivity index (χ3v) is 6.32. The summed E-state index contributed by atoms with van der Waals surface area (Å²) >= 11 is 6.00. The molecular formula is C22H31ClN6O3. The van der Waals surface area contributed by atoms with Gasteiger partial charge in [-0.25, -0.2) is 14.8 Å². The number of hydrogen-bond acceptors (Lipinski definition) is 7. The molecule has 174 valence electrons. The SMILES string of the molecule is C[C@@H](C1CC1)n1c(=O)c(NCC2CCN(C(=O)OC(C)(C)C)CC2)nc2cnc(Cl)nc21. The summed E-state index contributed by atoms with van der Waals surface area (Å²) in [5.74, 6) is 1.11. The van der Waals surface area contributed by atoms with Crippen LogP contribution in [0.5, 0.6) is 0 Å². The maximum Gasteiger partial charge on any atom is 0.410 e. The Morgan fingerprint density at radius 2 is 1.94 bits per heavy atom. The predicted molar refractivity (Wildman–Crippen MR) is 123 cm³/mol. The molecule has 2 fully saturated rings. The number of piperidine rings is 1. The highest BCUT2D eigenvalue weighted by atomic mass is 35.5. The first-order chi connectivity index (χ1) is 15.1. The van der Waals surface area contributed by atoms with Gasteiger partial charge in [-0.1, -0.05) is 0 Å². The molecule has 0 unspecified atom stereocenters. The number of nitrogens with one attached hydrogen (secondary N) is 1. The molecule has 1 atom stereocenters. The van der Waals surface area contributed by atoms with E-state index in [9.17, 15) is 9.59 Å². The van der Waals surface area contributed by atoms with E-state index in [1.165, 1.54) is 0 Å². The van der Waals surface area contributed by atoms with Crippen LogP contribution in [-0.4, -0.2) is 55.7 Å². The Labute approximate surface area is 192 Å². The maximum atomic E-state index is 13.3. The van der Waals surface area contributed by atoms with Crippen molar-refractivity contribution in [3.8, 4) is 0 Å². The molecule has 9 nitrogen and oxygen atoms in total. The molecule has 1 saturated heterocycles. The minimum Gasteiger partial charge on any atom is -0.444 e. The van der Waals surface area contributed by atoms with Gasteiger partial charge in [-0.15, -0.1) is 0 Å². The normalized spacial score (nSPS) is 18.6. The number of hydrogen-bond donors (Lipinski definition) is 1. The number of likely N-dealkylation sites (tertiary alicyclic amines) is 1. The number of carbonyl (C=O) groups is 1. The molecule has 2 aromatic heterocycles. The van der Waals surface area contributed by atoms with E-state index in [4.69, 9.17) is 16.3 Å². The van der Waals surface area contributed by atoms with Gasteiger partial charge < -0.3 is 15.0 Å². The van der Waals surface area contributed by atoms with Gasteiger partial charge in [0.2, 0.25) is 5.28 Å². The zero-order valence-electron chi connectivity index (χ0n) is 19.1. The van der Waals surface area contributed by atoms with Gasteiger partial charge in [0.1, 0.15) is 11.1 Å². The molecule has 2 aromatic rings. The number of fused-ring (bicyclic) bond motifs is 1. The van der Waals surface area contributed by atoms with Crippen LogP contribution in [0.2, 0.25) is 5.28 Å². The molecular weight excluding hydrogens is 432 g/mol. The summed E-state index contributed by atoms with van der Waals surface area (Å²) in [7, 11) is 0. The lowest BCUT2D eigenvalue weighted by Crippen LogP contribution is -2.42. The van der Waals surface area contributed by atoms with Crippen LogP contribution in [0, 0.1) is 11.8 Å². The van der Waals surface area contributed by atoms with Gasteiger partial charge in [0.25, 0.3) is 5.56 Å². The first kappa shape index (κ1) is 22.8. The van der Waals surface area contributed by atoms with Gasteiger partial charge in [0, 0.05) is 25.7 Å². The molecule has 0 radical (unpaired) electrons. The predicted octanol–water partition coefficient (Wildman–Crippen LogP) is 3.87. The van der Waals surface area contributed by atoms with Crippen LogP contribution < -0.4 is 10.9 Å². The minimum atomic E-state index is -0.497. The molecule has 2 aliphatic rings. The molecule has 10 heteroatoms. The van der Waals surface area contributed by atoms with Gasteiger partial charge in [-0.05, 0) is 76.8 Å². The zero-order chi connectivity index (χ0) is 23.0. The van der Waals surface area contributed by atoms with Crippen LogP contribution in [0.15, 0.2) is 11.0 Å². The third kappa shape index (κ3) is 5.14. The average molecular weight is 463 g/mol. The molecule has 0 bridgehead atoms. The molecule has 1 amide bonds. The summed E-state index contributed by atoms with van der Waals surface area (Å²) in [6, 6.07) is 0.0246. The van der Waals surface area contributed by atoms with E-state index in [2.05, 4.69) is 20.3 Å². The van der Waals surface area contributed by atoms with Crippen LogP contribution in [0.25, 0.3) is 11.2 Å². The average Bonchev–Trinajstić information content (AvgIpc) is 3.56. The first-order valence-corrected chi connectivity index (χ1v) is 11.7. The highest BCUT2D eigenvalue weighted by molar-refractivity contribution is 6.28. The molecule has 1 aliphatic heterocycles. The van der Waals surface area contributed by atoms with Crippen molar-refractivity contribution in [2.24, 2.45) is 11.8 Å². The van der Waals surface area contributed by atoms with Crippen LogP contribution in [0.1, 0.15) is 59.4 Å². The van der Waals surface area contributed by atoms with Crippen LogP contribution in [0.4, 0.5) is 10.6 Å². The second-order valence-corrected chi connectivity index (χ2v) is 10.2. The Kier molecular flexibility index (Phi) is 6.29. The fourth-order valence-corrected chi connectivity index (χ4v) is 4.28. The van der Waals surface area contributed by atoms with Gasteiger partial charge >= 0.3 is 6.09 Å². The van der Waals surface area contributed by atoms with Crippen molar-refractivity contribution in [3.63, 3.8) is 0 Å². The molecule has 4 rings (SSSR count). The molecule has 3 heterocycles.